The largest absolute Gasteiger partial charge is 0.325 e. The topological polar surface area (TPSA) is 26.0 Å². The van der Waals surface area contributed by atoms with Crippen LogP contribution in [0.5, 0.6) is 0 Å². The number of unbranched alkanes of at least 4 members (excludes halogenated alkanes) is 8. The second-order valence-corrected chi connectivity index (χ2v) is 7.76. The molecule has 1 atom stereocenters. The minimum absolute atomic E-state index is 0.00115. The van der Waals surface area contributed by atoms with Gasteiger partial charge in [-0.2, -0.15) is 0 Å². The molecule has 0 amide bonds. The molecule has 0 aliphatic carbocycles. The molecule has 0 bridgehead atoms. The van der Waals surface area contributed by atoms with E-state index in [1.165, 1.54) is 77.0 Å². The third-order valence-corrected chi connectivity index (χ3v) is 4.96. The molecule has 0 aliphatic rings. The second-order valence-electron chi connectivity index (χ2n) is 6.97. The second kappa shape index (κ2) is 13.1. The molecular formula is C18H38BrN. The van der Waals surface area contributed by atoms with Crippen LogP contribution >= 0.6 is 15.9 Å². The summed E-state index contributed by atoms with van der Waals surface area (Å²) in [5.74, 6) is 0.706. The van der Waals surface area contributed by atoms with Gasteiger partial charge in [-0.25, -0.2) is 0 Å². The lowest BCUT2D eigenvalue weighted by Crippen LogP contribution is -2.40. The first kappa shape index (κ1) is 20.4. The van der Waals surface area contributed by atoms with Gasteiger partial charge >= 0.3 is 0 Å². The molecular weight excluding hydrogens is 310 g/mol. The lowest BCUT2D eigenvalue weighted by atomic mass is 9.80. The molecule has 20 heavy (non-hydrogen) atoms. The molecule has 0 aromatic rings. The van der Waals surface area contributed by atoms with Crippen LogP contribution < -0.4 is 5.73 Å². The van der Waals surface area contributed by atoms with Crippen molar-refractivity contribution < 1.29 is 0 Å². The minimum atomic E-state index is -0.00115. The summed E-state index contributed by atoms with van der Waals surface area (Å²) < 4.78 is 0. The van der Waals surface area contributed by atoms with Gasteiger partial charge in [-0.05, 0) is 39.0 Å². The molecule has 0 heterocycles. The molecule has 122 valence electrons. The fourth-order valence-electron chi connectivity index (χ4n) is 2.90. The van der Waals surface area contributed by atoms with E-state index >= 15 is 0 Å². The normalized spacial score (nSPS) is 13.7. The van der Waals surface area contributed by atoms with E-state index in [1.54, 1.807) is 0 Å². The summed E-state index contributed by atoms with van der Waals surface area (Å²) in [6.07, 6.45) is 16.4. The monoisotopic (exact) mass is 347 g/mol. The van der Waals surface area contributed by atoms with Crippen molar-refractivity contribution in [2.45, 2.75) is 103 Å². The van der Waals surface area contributed by atoms with Gasteiger partial charge in [-0.3, -0.25) is 0 Å². The zero-order valence-electron chi connectivity index (χ0n) is 14.2. The molecule has 2 N–H and O–H groups in total. The van der Waals surface area contributed by atoms with E-state index in [9.17, 15) is 0 Å². The molecule has 1 nitrogen and oxygen atoms in total. The summed E-state index contributed by atoms with van der Waals surface area (Å²) in [4.78, 5) is 0. The maximum absolute atomic E-state index is 6.38. The predicted octanol–water partition coefficient (Wildman–Crippen LogP) is 6.44. The van der Waals surface area contributed by atoms with Crippen molar-refractivity contribution in [1.29, 1.82) is 0 Å². The average Bonchev–Trinajstić information content (AvgIpc) is 2.38. The summed E-state index contributed by atoms with van der Waals surface area (Å²) >= 11 is 3.50. The van der Waals surface area contributed by atoms with Crippen LogP contribution in [-0.4, -0.2) is 10.9 Å². The number of hydrogen-bond acceptors (Lipinski definition) is 1. The Morgan fingerprint density at radius 1 is 0.800 bits per heavy atom. The SMILES string of the molecule is CCCCCCCCC(CCCCCCBr)C(C)(C)N. The van der Waals surface area contributed by atoms with Crippen LogP contribution in [0.4, 0.5) is 0 Å². The van der Waals surface area contributed by atoms with E-state index in [2.05, 4.69) is 36.7 Å². The Kier molecular flexibility index (Phi) is 13.4. The number of rotatable bonds is 14. The Bertz CT molecular complexity index is 198. The standard InChI is InChI=1S/C18H38BrN/c1-4-5-6-7-8-11-14-17(18(2,3)20)15-12-9-10-13-16-19/h17H,4-16,20H2,1-3H3. The van der Waals surface area contributed by atoms with Gasteiger partial charge in [0.25, 0.3) is 0 Å². The van der Waals surface area contributed by atoms with Gasteiger partial charge in [-0.15, -0.1) is 0 Å². The van der Waals surface area contributed by atoms with Crippen molar-refractivity contribution in [3.8, 4) is 0 Å². The summed E-state index contributed by atoms with van der Waals surface area (Å²) in [5, 5.41) is 1.15. The molecule has 2 heteroatoms. The molecule has 0 radical (unpaired) electrons. The van der Waals surface area contributed by atoms with Gasteiger partial charge in [0, 0.05) is 10.9 Å². The van der Waals surface area contributed by atoms with Crippen LogP contribution in [0, 0.1) is 5.92 Å². The highest BCUT2D eigenvalue weighted by molar-refractivity contribution is 9.09. The summed E-state index contributed by atoms with van der Waals surface area (Å²) in [6.45, 7) is 6.71. The number of nitrogens with two attached hydrogens (primary N) is 1. The zero-order chi connectivity index (χ0) is 15.3. The van der Waals surface area contributed by atoms with Crippen LogP contribution in [0.1, 0.15) is 97.8 Å². The van der Waals surface area contributed by atoms with Gasteiger partial charge in [0.05, 0.1) is 0 Å². The van der Waals surface area contributed by atoms with Gasteiger partial charge in [-0.1, -0.05) is 80.6 Å². The Hall–Kier alpha value is 0.440. The van der Waals surface area contributed by atoms with Crippen LogP contribution in [0.15, 0.2) is 0 Å². The Morgan fingerprint density at radius 3 is 1.70 bits per heavy atom. The summed E-state index contributed by atoms with van der Waals surface area (Å²) in [6, 6.07) is 0. The highest BCUT2D eigenvalue weighted by Gasteiger charge is 2.23. The molecule has 0 aromatic heterocycles. The third kappa shape index (κ3) is 12.2. The smallest absolute Gasteiger partial charge is 0.0125 e. The highest BCUT2D eigenvalue weighted by atomic mass is 79.9. The molecule has 0 rings (SSSR count). The van der Waals surface area contributed by atoms with Gasteiger partial charge in [0.2, 0.25) is 0 Å². The molecule has 1 unspecified atom stereocenters. The van der Waals surface area contributed by atoms with E-state index in [-0.39, 0.29) is 5.54 Å². The fourth-order valence-corrected chi connectivity index (χ4v) is 3.29. The molecule has 0 spiro atoms. The first-order chi connectivity index (χ1) is 9.52. The van der Waals surface area contributed by atoms with Crippen molar-refractivity contribution in [3.63, 3.8) is 0 Å². The number of alkyl halides is 1. The van der Waals surface area contributed by atoms with Gasteiger partial charge < -0.3 is 5.73 Å². The molecule has 0 saturated heterocycles. The Morgan fingerprint density at radius 2 is 1.25 bits per heavy atom. The molecule has 0 saturated carbocycles. The minimum Gasteiger partial charge on any atom is -0.325 e. The quantitative estimate of drug-likeness (QED) is 0.284. The van der Waals surface area contributed by atoms with E-state index in [0.717, 1.165) is 5.33 Å². The van der Waals surface area contributed by atoms with Gasteiger partial charge in [0.15, 0.2) is 0 Å². The van der Waals surface area contributed by atoms with Crippen LogP contribution in [0.2, 0.25) is 0 Å². The summed E-state index contributed by atoms with van der Waals surface area (Å²) in [7, 11) is 0. The predicted molar refractivity (Wildman–Crippen MR) is 96.6 cm³/mol. The van der Waals surface area contributed by atoms with E-state index in [4.69, 9.17) is 5.73 Å². The van der Waals surface area contributed by atoms with Crippen molar-refractivity contribution in [3.05, 3.63) is 0 Å². The highest BCUT2D eigenvalue weighted by Crippen LogP contribution is 2.27. The molecule has 0 aromatic carbocycles. The van der Waals surface area contributed by atoms with Crippen molar-refractivity contribution in [2.24, 2.45) is 11.7 Å². The Labute approximate surface area is 136 Å². The van der Waals surface area contributed by atoms with E-state index in [0.29, 0.717) is 5.92 Å². The zero-order valence-corrected chi connectivity index (χ0v) is 15.8. The van der Waals surface area contributed by atoms with E-state index in [1.807, 2.05) is 0 Å². The number of hydrogen-bond donors (Lipinski definition) is 1. The maximum atomic E-state index is 6.38. The lowest BCUT2D eigenvalue weighted by Gasteiger charge is -2.31. The molecule has 0 fully saturated rings. The fraction of sp³-hybridized carbons (Fsp3) is 1.00. The van der Waals surface area contributed by atoms with Crippen LogP contribution in [0.3, 0.4) is 0 Å². The van der Waals surface area contributed by atoms with Crippen molar-refractivity contribution in [1.82, 2.24) is 0 Å². The van der Waals surface area contributed by atoms with Crippen LogP contribution in [0.25, 0.3) is 0 Å². The lowest BCUT2D eigenvalue weighted by molar-refractivity contribution is 0.267. The number of halogens is 1. The summed E-state index contributed by atoms with van der Waals surface area (Å²) in [5.41, 5.74) is 6.37. The van der Waals surface area contributed by atoms with Crippen molar-refractivity contribution >= 4 is 15.9 Å². The Balaban J connectivity index is 3.75. The average molecular weight is 348 g/mol. The molecule has 0 aliphatic heterocycles. The first-order valence-corrected chi connectivity index (χ1v) is 9.99. The van der Waals surface area contributed by atoms with Crippen LogP contribution in [-0.2, 0) is 0 Å². The maximum Gasteiger partial charge on any atom is 0.0125 e. The first-order valence-electron chi connectivity index (χ1n) is 8.87. The third-order valence-electron chi connectivity index (χ3n) is 4.39. The van der Waals surface area contributed by atoms with E-state index < -0.39 is 0 Å². The van der Waals surface area contributed by atoms with Gasteiger partial charge in [0.1, 0.15) is 0 Å². The van der Waals surface area contributed by atoms with Crippen molar-refractivity contribution in [2.75, 3.05) is 5.33 Å².